The van der Waals surface area contributed by atoms with Gasteiger partial charge in [-0.15, -0.1) is 0 Å². The number of methoxy groups -OCH3 is 1. The van der Waals surface area contributed by atoms with Crippen molar-refractivity contribution < 1.29 is 9.53 Å². The first-order valence-electron chi connectivity index (χ1n) is 12.1. The zero-order valence-electron chi connectivity index (χ0n) is 23.0. The van der Waals surface area contributed by atoms with E-state index in [0.717, 1.165) is 24.0 Å². The molecule has 0 amide bonds. The van der Waals surface area contributed by atoms with E-state index in [0.29, 0.717) is 0 Å². The second kappa shape index (κ2) is 20.0. The summed E-state index contributed by atoms with van der Waals surface area (Å²) in [5, 5.41) is 0. The maximum absolute atomic E-state index is 11.1. The van der Waals surface area contributed by atoms with Crippen LogP contribution in [0.25, 0.3) is 0 Å². The van der Waals surface area contributed by atoms with Gasteiger partial charge in [0.15, 0.2) is 0 Å². The molecule has 0 aromatic rings. The van der Waals surface area contributed by atoms with Crippen molar-refractivity contribution in [2.75, 3.05) is 7.11 Å². The first-order valence-corrected chi connectivity index (χ1v) is 12.1. The van der Waals surface area contributed by atoms with Crippen LogP contribution in [0.3, 0.4) is 0 Å². The molecule has 0 spiro atoms. The molecule has 0 aliphatic carbocycles. The minimum absolute atomic E-state index is 0.353. The predicted octanol–water partition coefficient (Wildman–Crippen LogP) is 9.42. The fraction of sp³-hybridized carbons (Fsp3) is 0.303. The summed E-state index contributed by atoms with van der Waals surface area (Å²) >= 11 is 0. The van der Waals surface area contributed by atoms with Gasteiger partial charge in [0.1, 0.15) is 0 Å². The maximum Gasteiger partial charge on any atom is 0.330 e. The van der Waals surface area contributed by atoms with Gasteiger partial charge in [-0.1, -0.05) is 125 Å². The van der Waals surface area contributed by atoms with Gasteiger partial charge in [0.2, 0.25) is 0 Å². The topological polar surface area (TPSA) is 26.3 Å². The van der Waals surface area contributed by atoms with Crippen LogP contribution in [0.15, 0.2) is 131 Å². The second-order valence-corrected chi connectivity index (χ2v) is 8.79. The lowest BCUT2D eigenvalue weighted by atomic mass is 10.1. The van der Waals surface area contributed by atoms with Gasteiger partial charge in [-0.05, 0) is 61.3 Å². The number of esters is 1. The van der Waals surface area contributed by atoms with Crippen molar-refractivity contribution in [3.05, 3.63) is 131 Å². The molecule has 35 heavy (non-hydrogen) atoms. The molecule has 0 unspecified atom stereocenters. The number of carbonyl (C=O) groups excluding carboxylic acids is 1. The Balaban J connectivity index is 4.68. The Hall–Kier alpha value is -3.39. The van der Waals surface area contributed by atoms with E-state index in [1.807, 2.05) is 44.2 Å². The summed E-state index contributed by atoms with van der Waals surface area (Å²) in [6.07, 6.45) is 34.6. The minimum atomic E-state index is -0.353. The number of rotatable bonds is 13. The van der Waals surface area contributed by atoms with Crippen molar-refractivity contribution in [3.63, 3.8) is 0 Å². The first kappa shape index (κ1) is 31.6. The van der Waals surface area contributed by atoms with E-state index in [1.165, 1.54) is 35.5 Å². The van der Waals surface area contributed by atoms with Crippen molar-refractivity contribution >= 4 is 5.97 Å². The number of carbonyl (C=O) groups is 1. The van der Waals surface area contributed by atoms with Gasteiger partial charge in [0, 0.05) is 6.08 Å². The molecular formula is C33H44O2. The monoisotopic (exact) mass is 472 g/mol. The number of hydrogen-bond acceptors (Lipinski definition) is 2. The van der Waals surface area contributed by atoms with Crippen LogP contribution in [0, 0.1) is 0 Å². The third kappa shape index (κ3) is 20.9. The van der Waals surface area contributed by atoms with Gasteiger partial charge >= 0.3 is 5.97 Å². The third-order valence-electron chi connectivity index (χ3n) is 4.78. The van der Waals surface area contributed by atoms with E-state index < -0.39 is 0 Å². The van der Waals surface area contributed by atoms with Gasteiger partial charge in [0.25, 0.3) is 0 Å². The molecule has 0 aromatic carbocycles. The Kier molecular flexibility index (Phi) is 18.1. The third-order valence-corrected chi connectivity index (χ3v) is 4.78. The number of allylic oxidation sites excluding steroid dienone is 21. The average molecular weight is 473 g/mol. The molecule has 0 aromatic heterocycles. The van der Waals surface area contributed by atoms with Crippen LogP contribution in [0.4, 0.5) is 0 Å². The summed E-state index contributed by atoms with van der Waals surface area (Å²) in [4.78, 5) is 11.1. The normalized spacial score (nSPS) is 14.9. The van der Waals surface area contributed by atoms with Gasteiger partial charge in [0.05, 0.1) is 7.11 Å². The molecule has 0 rings (SSSR count). The lowest BCUT2D eigenvalue weighted by Crippen LogP contribution is -1.93. The van der Waals surface area contributed by atoms with E-state index >= 15 is 0 Å². The Morgan fingerprint density at radius 2 is 1.00 bits per heavy atom. The fourth-order valence-electron chi connectivity index (χ4n) is 2.64. The largest absolute Gasteiger partial charge is 0.466 e. The van der Waals surface area contributed by atoms with Crippen LogP contribution >= 0.6 is 0 Å². The Bertz CT molecular complexity index is 990. The number of ether oxygens (including phenoxy) is 1. The summed E-state index contributed by atoms with van der Waals surface area (Å²) in [7, 11) is 1.37. The predicted molar refractivity (Wildman–Crippen MR) is 155 cm³/mol. The fourth-order valence-corrected chi connectivity index (χ4v) is 2.64. The van der Waals surface area contributed by atoms with E-state index in [4.69, 9.17) is 0 Å². The average Bonchev–Trinajstić information content (AvgIpc) is 2.80. The van der Waals surface area contributed by atoms with Crippen molar-refractivity contribution in [2.24, 2.45) is 0 Å². The lowest BCUT2D eigenvalue weighted by molar-refractivity contribution is -0.134. The van der Waals surface area contributed by atoms with E-state index in [1.54, 1.807) is 6.08 Å². The van der Waals surface area contributed by atoms with E-state index in [2.05, 4.69) is 94.0 Å². The van der Waals surface area contributed by atoms with Gasteiger partial charge in [-0.25, -0.2) is 4.79 Å². The van der Waals surface area contributed by atoms with Gasteiger partial charge < -0.3 is 4.74 Å². The SMILES string of the molecule is COC(=O)C=CC(C)=CC=CC(C)=CC=CC=C(C)C=CC=C(C)C=CC=C(C)CCC=C(C)C. The molecule has 2 heteroatoms. The van der Waals surface area contributed by atoms with Crippen LogP contribution in [0.1, 0.15) is 61.3 Å². The Morgan fingerprint density at radius 1 is 0.571 bits per heavy atom. The molecule has 188 valence electrons. The van der Waals surface area contributed by atoms with Gasteiger partial charge in [-0.3, -0.25) is 0 Å². The number of hydrogen-bond donors (Lipinski definition) is 0. The van der Waals surface area contributed by atoms with Gasteiger partial charge in [-0.2, -0.15) is 0 Å². The molecular weight excluding hydrogens is 428 g/mol. The van der Waals surface area contributed by atoms with Crippen molar-refractivity contribution in [2.45, 2.75) is 61.3 Å². The summed E-state index contributed by atoms with van der Waals surface area (Å²) in [5.74, 6) is -0.353. The molecule has 0 saturated carbocycles. The quantitative estimate of drug-likeness (QED) is 0.115. The molecule has 0 fully saturated rings. The molecule has 2 nitrogen and oxygen atoms in total. The lowest BCUT2D eigenvalue weighted by Gasteiger charge is -1.96. The van der Waals surface area contributed by atoms with Crippen LogP contribution in [0.2, 0.25) is 0 Å². The summed E-state index contributed by atoms with van der Waals surface area (Å²) in [6, 6.07) is 0. The first-order chi connectivity index (χ1) is 16.6. The maximum atomic E-state index is 11.1. The van der Waals surface area contributed by atoms with Crippen molar-refractivity contribution in [1.29, 1.82) is 0 Å². The van der Waals surface area contributed by atoms with Crippen molar-refractivity contribution in [3.8, 4) is 0 Å². The molecule has 0 bridgehead atoms. The molecule has 0 aliphatic rings. The molecule has 0 heterocycles. The highest BCUT2D eigenvalue weighted by molar-refractivity contribution is 5.82. The van der Waals surface area contributed by atoms with Crippen LogP contribution in [-0.4, -0.2) is 13.1 Å². The van der Waals surface area contributed by atoms with E-state index in [-0.39, 0.29) is 5.97 Å². The zero-order chi connectivity index (χ0) is 26.5. The minimum Gasteiger partial charge on any atom is -0.466 e. The van der Waals surface area contributed by atoms with Crippen molar-refractivity contribution in [1.82, 2.24) is 0 Å². The smallest absolute Gasteiger partial charge is 0.330 e. The standard InChI is InChI=1S/C33H44O2/c1-27(2)15-11-18-30(5)21-13-23-31(6)22-12-19-28(3)16-9-10-17-29(4)20-14-24-32(7)25-26-33(34)35-8/h9-10,12-17,19-26H,11,18H2,1-8H3. The second-order valence-electron chi connectivity index (χ2n) is 8.79. The summed E-state index contributed by atoms with van der Waals surface area (Å²) in [6.45, 7) is 14.6. The highest BCUT2D eigenvalue weighted by Crippen LogP contribution is 2.08. The Morgan fingerprint density at radius 3 is 1.46 bits per heavy atom. The summed E-state index contributed by atoms with van der Waals surface area (Å²) in [5.41, 5.74) is 7.28. The highest BCUT2D eigenvalue weighted by Gasteiger charge is 1.89. The van der Waals surface area contributed by atoms with Crippen LogP contribution in [-0.2, 0) is 9.53 Å². The molecule has 0 N–H and O–H groups in total. The molecule has 0 aliphatic heterocycles. The van der Waals surface area contributed by atoms with Crippen LogP contribution in [0.5, 0.6) is 0 Å². The highest BCUT2D eigenvalue weighted by atomic mass is 16.5. The zero-order valence-corrected chi connectivity index (χ0v) is 23.0. The van der Waals surface area contributed by atoms with E-state index in [9.17, 15) is 4.79 Å². The Labute approximate surface area is 214 Å². The molecule has 0 radical (unpaired) electrons. The molecule has 0 saturated heterocycles. The van der Waals surface area contributed by atoms with Crippen LogP contribution < -0.4 is 0 Å². The summed E-state index contributed by atoms with van der Waals surface area (Å²) < 4.78 is 4.58. The molecule has 0 atom stereocenters.